The van der Waals surface area contributed by atoms with Crippen molar-refractivity contribution in [2.45, 2.75) is 0 Å². The van der Waals surface area contributed by atoms with Crippen LogP contribution < -0.4 is 0 Å². The number of carbonyl (C=O) groups is 1. The van der Waals surface area contributed by atoms with Gasteiger partial charge in [-0.05, 0) is 28.1 Å². The second-order valence-corrected chi connectivity index (χ2v) is 3.53. The maximum atomic E-state index is 11.1. The molecule has 0 saturated carbocycles. The van der Waals surface area contributed by atoms with E-state index in [1.807, 2.05) is 0 Å². The molecule has 0 unspecified atom stereocenters. The quantitative estimate of drug-likeness (QED) is 0.464. The molecule has 2 nitrogen and oxygen atoms in total. The first-order chi connectivity index (χ1) is 5.63. The van der Waals surface area contributed by atoms with Gasteiger partial charge in [0.15, 0.2) is 5.78 Å². The van der Waals surface area contributed by atoms with E-state index in [0.717, 1.165) is 0 Å². The molecule has 0 radical (unpaired) electrons. The van der Waals surface area contributed by atoms with E-state index >= 15 is 0 Å². The third-order valence-corrected chi connectivity index (χ3v) is 2.05. The molecular weight excluding hydrogens is 345 g/mol. The van der Waals surface area contributed by atoms with Gasteiger partial charge in [0.05, 0.1) is 5.88 Å². The molecule has 6 heteroatoms. The normalized spacial score (nSPS) is 9.15. The summed E-state index contributed by atoms with van der Waals surface area (Å²) in [6.45, 7) is 0. The molecule has 0 fully saturated rings. The van der Waals surface area contributed by atoms with Gasteiger partial charge in [0.25, 0.3) is 0 Å². The van der Waals surface area contributed by atoms with Crippen LogP contribution in [0.5, 0.6) is 0 Å². The second-order valence-electron chi connectivity index (χ2n) is 2.06. The number of ketones is 1. The van der Waals surface area contributed by atoms with Gasteiger partial charge < -0.3 is 0 Å². The number of halogens is 4. The van der Waals surface area contributed by atoms with E-state index in [4.69, 9.17) is 23.2 Å². The maximum Gasteiger partial charge on any atom is 0.177 e. The number of nitrogens with zero attached hydrogens (tertiary/aromatic N) is 1. The highest BCUT2D eigenvalue weighted by atomic mass is 79.9. The summed E-state index contributed by atoms with van der Waals surface area (Å²) < 4.78 is 0.531. The van der Waals surface area contributed by atoms with Gasteiger partial charge in [-0.2, -0.15) is 0 Å². The third kappa shape index (κ3) is 3.94. The molecule has 0 saturated heterocycles. The van der Waals surface area contributed by atoms with Gasteiger partial charge in [-0.3, -0.25) is 4.79 Å². The fraction of sp³-hybridized carbons (Fsp3) is 0.143. The second kappa shape index (κ2) is 5.96. The number of alkyl halides is 1. The summed E-state index contributed by atoms with van der Waals surface area (Å²) in [5.41, 5.74) is 0.469. The lowest BCUT2D eigenvalue weighted by Crippen LogP contribution is -2.00. The van der Waals surface area contributed by atoms with Gasteiger partial charge in [-0.1, -0.05) is 11.6 Å². The summed E-state index contributed by atoms with van der Waals surface area (Å²) in [5.74, 6) is -0.214. The first kappa shape index (κ1) is 13.4. The van der Waals surface area contributed by atoms with Crippen molar-refractivity contribution in [3.05, 3.63) is 27.5 Å². The van der Waals surface area contributed by atoms with Gasteiger partial charge >= 0.3 is 0 Å². The molecule has 0 aliphatic heterocycles. The molecule has 1 aromatic rings. The number of pyridine rings is 1. The van der Waals surface area contributed by atoms with Gasteiger partial charge in [0.2, 0.25) is 0 Å². The van der Waals surface area contributed by atoms with Crippen molar-refractivity contribution in [2.24, 2.45) is 0 Å². The Kier molecular flexibility index (Phi) is 6.12. The van der Waals surface area contributed by atoms with Crippen LogP contribution in [0, 0.1) is 0 Å². The predicted octanol–water partition coefficient (Wildman–Crippen LogP) is 3.50. The summed E-state index contributed by atoms with van der Waals surface area (Å²) in [4.78, 5) is 14.9. The SMILES string of the molecule is Br.O=C(CCl)c1cc(Cl)nc(Br)c1. The first-order valence-corrected chi connectivity index (χ1v) is 4.76. The molecule has 0 spiro atoms. The number of Topliss-reactive ketones (excluding diaryl/α,β-unsaturated/α-hetero) is 1. The van der Waals surface area contributed by atoms with Crippen LogP contribution in [0.4, 0.5) is 0 Å². The Morgan fingerprint density at radius 2 is 2.15 bits per heavy atom. The van der Waals surface area contributed by atoms with Crippen LogP contribution in [0.2, 0.25) is 5.15 Å². The molecule has 0 amide bonds. The topological polar surface area (TPSA) is 30.0 Å². The van der Waals surface area contributed by atoms with Crippen LogP contribution in [0.1, 0.15) is 10.4 Å². The minimum Gasteiger partial charge on any atom is -0.293 e. The van der Waals surface area contributed by atoms with Crippen molar-refractivity contribution in [1.82, 2.24) is 4.98 Å². The van der Waals surface area contributed by atoms with E-state index in [1.165, 1.54) is 6.07 Å². The molecular formula is C7H5Br2Cl2NO. The zero-order valence-corrected chi connectivity index (χ0v) is 11.1. The highest BCUT2D eigenvalue weighted by molar-refractivity contribution is 9.10. The van der Waals surface area contributed by atoms with Crippen molar-refractivity contribution >= 4 is 61.9 Å². The Bertz CT molecular complexity index is 299. The monoisotopic (exact) mass is 347 g/mol. The Morgan fingerprint density at radius 1 is 1.54 bits per heavy atom. The van der Waals surface area contributed by atoms with Crippen molar-refractivity contribution < 1.29 is 4.79 Å². The lowest BCUT2D eigenvalue weighted by atomic mass is 10.2. The first-order valence-electron chi connectivity index (χ1n) is 3.05. The molecule has 0 aliphatic carbocycles. The average molecular weight is 350 g/mol. The summed E-state index contributed by atoms with van der Waals surface area (Å²) >= 11 is 14.1. The van der Waals surface area contributed by atoms with Gasteiger partial charge in [0, 0.05) is 5.56 Å². The Labute approximate surface area is 105 Å². The number of carbonyl (C=O) groups excluding carboxylic acids is 1. The van der Waals surface area contributed by atoms with Crippen LogP contribution in [0.25, 0.3) is 0 Å². The fourth-order valence-corrected chi connectivity index (χ4v) is 1.61. The molecule has 1 heterocycles. The largest absolute Gasteiger partial charge is 0.293 e. The number of aromatic nitrogens is 1. The van der Waals surface area contributed by atoms with E-state index in [2.05, 4.69) is 20.9 Å². The zero-order chi connectivity index (χ0) is 9.14. The van der Waals surface area contributed by atoms with Crippen LogP contribution >= 0.6 is 56.1 Å². The van der Waals surface area contributed by atoms with E-state index in [1.54, 1.807) is 6.07 Å². The Morgan fingerprint density at radius 3 is 2.62 bits per heavy atom. The maximum absolute atomic E-state index is 11.1. The van der Waals surface area contributed by atoms with E-state index in [-0.39, 0.29) is 33.8 Å². The highest BCUT2D eigenvalue weighted by Crippen LogP contribution is 2.15. The average Bonchev–Trinajstić information content (AvgIpc) is 2.01. The minimum absolute atomic E-state index is 0. The molecule has 1 rings (SSSR count). The molecule has 13 heavy (non-hydrogen) atoms. The van der Waals surface area contributed by atoms with Crippen LogP contribution in [0.15, 0.2) is 16.7 Å². The standard InChI is InChI=1S/C7H4BrCl2NO.BrH/c8-6-1-4(5(12)3-9)2-7(10)11-6;/h1-2H,3H2;1H. The molecule has 0 N–H and O–H groups in total. The van der Waals surface area contributed by atoms with Crippen molar-refractivity contribution in [3.63, 3.8) is 0 Å². The van der Waals surface area contributed by atoms with Gasteiger partial charge in [0.1, 0.15) is 9.76 Å². The van der Waals surface area contributed by atoms with Crippen LogP contribution in [-0.4, -0.2) is 16.6 Å². The number of hydrogen-bond acceptors (Lipinski definition) is 2. The molecule has 1 aromatic heterocycles. The van der Waals surface area contributed by atoms with E-state index in [0.29, 0.717) is 10.2 Å². The van der Waals surface area contributed by atoms with Crippen LogP contribution in [0.3, 0.4) is 0 Å². The Balaban J connectivity index is 0.00000144. The van der Waals surface area contributed by atoms with E-state index < -0.39 is 0 Å². The third-order valence-electron chi connectivity index (χ3n) is 1.21. The summed E-state index contributed by atoms with van der Waals surface area (Å²) in [6.07, 6.45) is 0. The molecule has 0 aliphatic rings. The van der Waals surface area contributed by atoms with Gasteiger partial charge in [-0.15, -0.1) is 28.6 Å². The molecule has 0 bridgehead atoms. The molecule has 0 atom stereocenters. The fourth-order valence-electron chi connectivity index (χ4n) is 0.703. The number of hydrogen-bond donors (Lipinski definition) is 0. The molecule has 72 valence electrons. The lowest BCUT2D eigenvalue weighted by molar-refractivity contribution is 0.102. The predicted molar refractivity (Wildman–Crippen MR) is 62.3 cm³/mol. The smallest absolute Gasteiger partial charge is 0.177 e. The summed E-state index contributed by atoms with van der Waals surface area (Å²) in [7, 11) is 0. The highest BCUT2D eigenvalue weighted by Gasteiger charge is 2.06. The van der Waals surface area contributed by atoms with E-state index in [9.17, 15) is 4.79 Å². The molecule has 0 aromatic carbocycles. The van der Waals surface area contributed by atoms with Gasteiger partial charge in [-0.25, -0.2) is 4.98 Å². The minimum atomic E-state index is -0.165. The van der Waals surface area contributed by atoms with Crippen LogP contribution in [-0.2, 0) is 0 Å². The van der Waals surface area contributed by atoms with Crippen molar-refractivity contribution in [1.29, 1.82) is 0 Å². The van der Waals surface area contributed by atoms with Crippen molar-refractivity contribution in [2.75, 3.05) is 5.88 Å². The zero-order valence-electron chi connectivity index (χ0n) is 6.26. The summed E-state index contributed by atoms with van der Waals surface area (Å²) in [6, 6.07) is 3.06. The Hall–Kier alpha value is 0.360. The van der Waals surface area contributed by atoms with Crippen molar-refractivity contribution in [3.8, 4) is 0 Å². The summed E-state index contributed by atoms with van der Waals surface area (Å²) in [5, 5.41) is 0.276. The lowest BCUT2D eigenvalue weighted by Gasteiger charge is -1.97. The number of rotatable bonds is 2.